The average Bonchev–Trinajstić information content (AvgIpc) is 3.06. The van der Waals surface area contributed by atoms with Gasteiger partial charge in [0.05, 0.1) is 26.2 Å². The van der Waals surface area contributed by atoms with E-state index in [0.717, 1.165) is 11.5 Å². The molecule has 0 aliphatic carbocycles. The zero-order valence-corrected chi connectivity index (χ0v) is 17.0. The molecule has 0 radical (unpaired) electrons. The summed E-state index contributed by atoms with van der Waals surface area (Å²) in [5.74, 6) is 0.504. The molecule has 29 heavy (non-hydrogen) atoms. The fourth-order valence-electron chi connectivity index (χ4n) is 3.22. The van der Waals surface area contributed by atoms with Crippen molar-refractivity contribution in [1.29, 1.82) is 0 Å². The topological polar surface area (TPSA) is 63.2 Å². The number of guanidine groups is 1. The zero-order chi connectivity index (χ0) is 21.4. The Morgan fingerprint density at radius 3 is 2.48 bits per heavy atom. The number of benzene rings is 1. The van der Waals surface area contributed by atoms with Gasteiger partial charge in [-0.15, -0.1) is 0 Å². The van der Waals surface area contributed by atoms with Crippen molar-refractivity contribution in [2.24, 2.45) is 16.8 Å². The molecule has 1 saturated heterocycles. The SMILES string of the molecule is CCNC(=NCc1ccc(COCC(F)(F)F)cc1)N1CC(C)C(C(=O)OC)C1. The summed E-state index contributed by atoms with van der Waals surface area (Å²) in [7, 11) is 1.40. The molecule has 2 rings (SSSR count). The highest BCUT2D eigenvalue weighted by Gasteiger charge is 2.36. The maximum atomic E-state index is 12.1. The van der Waals surface area contributed by atoms with Crippen molar-refractivity contribution >= 4 is 11.9 Å². The molecule has 2 atom stereocenters. The van der Waals surface area contributed by atoms with Gasteiger partial charge in [-0.1, -0.05) is 31.2 Å². The Kier molecular flexibility index (Phi) is 8.31. The molecule has 1 N–H and O–H groups in total. The van der Waals surface area contributed by atoms with Crippen molar-refractivity contribution in [1.82, 2.24) is 10.2 Å². The number of aliphatic imine (C=N–C) groups is 1. The summed E-state index contributed by atoms with van der Waals surface area (Å²) in [5.41, 5.74) is 1.60. The number of nitrogens with zero attached hydrogens (tertiary/aromatic N) is 2. The minimum absolute atomic E-state index is 0.0910. The number of esters is 1. The maximum absolute atomic E-state index is 12.1. The van der Waals surface area contributed by atoms with Crippen molar-refractivity contribution in [2.75, 3.05) is 33.4 Å². The summed E-state index contributed by atoms with van der Waals surface area (Å²) in [6, 6.07) is 7.12. The number of ether oxygens (including phenoxy) is 2. The molecule has 1 aliphatic heterocycles. The van der Waals surface area contributed by atoms with E-state index in [0.29, 0.717) is 31.7 Å². The predicted octanol–water partition coefficient (Wildman–Crippen LogP) is 2.97. The van der Waals surface area contributed by atoms with Gasteiger partial charge in [-0.25, -0.2) is 4.99 Å². The number of carbonyl (C=O) groups is 1. The Labute approximate surface area is 169 Å². The normalized spacial score (nSPS) is 20.1. The van der Waals surface area contributed by atoms with Crippen LogP contribution in [0.1, 0.15) is 25.0 Å². The molecular weight excluding hydrogens is 387 g/mol. The van der Waals surface area contributed by atoms with E-state index in [9.17, 15) is 18.0 Å². The van der Waals surface area contributed by atoms with E-state index < -0.39 is 12.8 Å². The fraction of sp³-hybridized carbons (Fsp3) is 0.600. The number of alkyl halides is 3. The van der Waals surface area contributed by atoms with Gasteiger partial charge in [-0.3, -0.25) is 4.79 Å². The van der Waals surface area contributed by atoms with Crippen LogP contribution >= 0.6 is 0 Å². The van der Waals surface area contributed by atoms with Gasteiger partial charge in [0.2, 0.25) is 0 Å². The number of nitrogens with one attached hydrogen (secondary N) is 1. The van der Waals surface area contributed by atoms with Crippen LogP contribution < -0.4 is 5.32 Å². The number of hydrogen-bond acceptors (Lipinski definition) is 4. The Hall–Kier alpha value is -2.29. The van der Waals surface area contributed by atoms with E-state index >= 15 is 0 Å². The van der Waals surface area contributed by atoms with Crippen LogP contribution in [0.5, 0.6) is 0 Å². The van der Waals surface area contributed by atoms with Crippen LogP contribution in [0.2, 0.25) is 0 Å². The van der Waals surface area contributed by atoms with Crippen LogP contribution in [0, 0.1) is 11.8 Å². The third-order valence-corrected chi connectivity index (χ3v) is 4.72. The lowest BCUT2D eigenvalue weighted by molar-refractivity contribution is -0.176. The molecule has 1 aliphatic rings. The van der Waals surface area contributed by atoms with Crippen LogP contribution in [0.25, 0.3) is 0 Å². The van der Waals surface area contributed by atoms with Crippen molar-refractivity contribution < 1.29 is 27.4 Å². The molecule has 1 aromatic rings. The highest BCUT2D eigenvalue weighted by Crippen LogP contribution is 2.24. The number of rotatable bonds is 7. The number of hydrogen-bond donors (Lipinski definition) is 1. The molecular formula is C20H28F3N3O3. The second-order valence-electron chi connectivity index (χ2n) is 7.11. The monoisotopic (exact) mass is 415 g/mol. The quantitative estimate of drug-likeness (QED) is 0.422. The van der Waals surface area contributed by atoms with Crippen molar-refractivity contribution in [3.8, 4) is 0 Å². The number of methoxy groups -OCH3 is 1. The third kappa shape index (κ3) is 7.23. The van der Waals surface area contributed by atoms with Gasteiger partial charge in [-0.05, 0) is 24.0 Å². The standard InChI is InChI=1S/C20H28F3N3O3/c1-4-24-19(26-10-14(2)17(11-26)18(27)28-3)25-9-15-5-7-16(8-6-15)12-29-13-20(21,22)23/h5-8,14,17H,4,9-13H2,1-3H3,(H,24,25). The van der Waals surface area contributed by atoms with Crippen LogP contribution in [-0.2, 0) is 27.4 Å². The van der Waals surface area contributed by atoms with Crippen molar-refractivity contribution in [2.45, 2.75) is 33.2 Å². The van der Waals surface area contributed by atoms with Gasteiger partial charge in [0, 0.05) is 19.6 Å². The summed E-state index contributed by atoms with van der Waals surface area (Å²) in [6.45, 7) is 5.02. The molecule has 2 unspecified atom stereocenters. The first-order valence-corrected chi connectivity index (χ1v) is 9.57. The van der Waals surface area contributed by atoms with E-state index in [1.165, 1.54) is 7.11 Å². The molecule has 0 spiro atoms. The molecule has 6 nitrogen and oxygen atoms in total. The zero-order valence-electron chi connectivity index (χ0n) is 17.0. The molecule has 9 heteroatoms. The Morgan fingerprint density at radius 1 is 1.24 bits per heavy atom. The lowest BCUT2D eigenvalue weighted by atomic mass is 9.99. The van der Waals surface area contributed by atoms with Crippen LogP contribution in [0.15, 0.2) is 29.3 Å². The van der Waals surface area contributed by atoms with Gasteiger partial charge in [0.15, 0.2) is 5.96 Å². The van der Waals surface area contributed by atoms with E-state index in [4.69, 9.17) is 4.74 Å². The lowest BCUT2D eigenvalue weighted by Crippen LogP contribution is -2.40. The van der Waals surface area contributed by atoms with Gasteiger partial charge in [0.1, 0.15) is 6.61 Å². The van der Waals surface area contributed by atoms with Crippen LogP contribution in [-0.4, -0.2) is 56.4 Å². The third-order valence-electron chi connectivity index (χ3n) is 4.72. The Morgan fingerprint density at radius 2 is 1.90 bits per heavy atom. The van der Waals surface area contributed by atoms with Crippen LogP contribution in [0.3, 0.4) is 0 Å². The second kappa shape index (κ2) is 10.5. The minimum atomic E-state index is -4.32. The smallest absolute Gasteiger partial charge is 0.411 e. The number of halogens is 3. The summed E-state index contributed by atoms with van der Waals surface area (Å²) >= 11 is 0. The first kappa shape index (κ1) is 23.0. The summed E-state index contributed by atoms with van der Waals surface area (Å²) in [4.78, 5) is 18.6. The second-order valence-corrected chi connectivity index (χ2v) is 7.11. The molecule has 0 bridgehead atoms. The number of likely N-dealkylation sites (tertiary alicyclic amines) is 1. The Balaban J connectivity index is 1.95. The average molecular weight is 415 g/mol. The van der Waals surface area contributed by atoms with Gasteiger partial charge < -0.3 is 19.7 Å². The molecule has 0 saturated carbocycles. The highest BCUT2D eigenvalue weighted by atomic mass is 19.4. The van der Waals surface area contributed by atoms with E-state index in [-0.39, 0.29) is 24.4 Å². The number of carbonyl (C=O) groups excluding carboxylic acids is 1. The largest absolute Gasteiger partial charge is 0.469 e. The molecule has 1 aromatic carbocycles. The van der Waals surface area contributed by atoms with Gasteiger partial charge >= 0.3 is 12.1 Å². The summed E-state index contributed by atoms with van der Waals surface area (Å²) in [5, 5.41) is 3.24. The lowest BCUT2D eigenvalue weighted by Gasteiger charge is -2.21. The van der Waals surface area contributed by atoms with Crippen molar-refractivity contribution in [3.05, 3.63) is 35.4 Å². The van der Waals surface area contributed by atoms with E-state index in [1.807, 2.05) is 26.0 Å². The summed E-state index contributed by atoms with van der Waals surface area (Å²) < 4.78 is 45.9. The maximum Gasteiger partial charge on any atom is 0.411 e. The summed E-state index contributed by atoms with van der Waals surface area (Å²) in [6.07, 6.45) is -4.32. The van der Waals surface area contributed by atoms with Gasteiger partial charge in [0.25, 0.3) is 0 Å². The molecule has 0 aromatic heterocycles. The molecule has 1 fully saturated rings. The van der Waals surface area contributed by atoms with E-state index in [1.54, 1.807) is 12.1 Å². The highest BCUT2D eigenvalue weighted by molar-refractivity contribution is 5.82. The van der Waals surface area contributed by atoms with Crippen LogP contribution in [0.4, 0.5) is 13.2 Å². The molecule has 1 heterocycles. The first-order chi connectivity index (χ1) is 13.7. The fourth-order valence-corrected chi connectivity index (χ4v) is 3.22. The van der Waals surface area contributed by atoms with Gasteiger partial charge in [-0.2, -0.15) is 13.2 Å². The molecule has 162 valence electrons. The Bertz CT molecular complexity index is 692. The first-order valence-electron chi connectivity index (χ1n) is 9.57. The van der Waals surface area contributed by atoms with Crippen molar-refractivity contribution in [3.63, 3.8) is 0 Å². The predicted molar refractivity (Wildman–Crippen MR) is 103 cm³/mol. The molecule has 0 amide bonds. The minimum Gasteiger partial charge on any atom is -0.469 e. The van der Waals surface area contributed by atoms with E-state index in [2.05, 4.69) is 19.9 Å².